The number of pyridine rings is 1. The molecule has 0 saturated carbocycles. The van der Waals surface area contributed by atoms with Crippen LogP contribution in [0.3, 0.4) is 0 Å². The summed E-state index contributed by atoms with van der Waals surface area (Å²) in [5, 5.41) is 0. The molecule has 0 radical (unpaired) electrons. The molecule has 0 spiro atoms. The SMILES string of the molecule is CC(C)n1ccnc1Cn1cnc2cccnc2c1=O. The zero-order chi connectivity index (χ0) is 14.1. The summed E-state index contributed by atoms with van der Waals surface area (Å²) < 4.78 is 3.58. The van der Waals surface area contributed by atoms with E-state index in [-0.39, 0.29) is 5.56 Å². The molecule has 0 aliphatic rings. The number of hydrogen-bond acceptors (Lipinski definition) is 4. The Balaban J connectivity index is 2.05. The molecular weight excluding hydrogens is 254 g/mol. The lowest BCUT2D eigenvalue weighted by molar-refractivity contribution is 0.548. The maximum Gasteiger partial charge on any atom is 0.280 e. The van der Waals surface area contributed by atoms with Crippen molar-refractivity contribution in [3.8, 4) is 0 Å². The van der Waals surface area contributed by atoms with Crippen molar-refractivity contribution in [1.82, 2.24) is 24.1 Å². The quantitative estimate of drug-likeness (QED) is 0.724. The molecular formula is C14H15N5O. The Kier molecular flexibility index (Phi) is 3.06. The number of aromatic nitrogens is 5. The molecule has 6 nitrogen and oxygen atoms in total. The van der Waals surface area contributed by atoms with Crippen LogP contribution >= 0.6 is 0 Å². The minimum absolute atomic E-state index is 0.145. The molecule has 0 aliphatic heterocycles. The summed E-state index contributed by atoms with van der Waals surface area (Å²) in [4.78, 5) is 25.0. The molecule has 0 aromatic carbocycles. The van der Waals surface area contributed by atoms with Gasteiger partial charge < -0.3 is 4.57 Å². The van der Waals surface area contributed by atoms with E-state index in [2.05, 4.69) is 28.8 Å². The van der Waals surface area contributed by atoms with Crippen LogP contribution in [0.25, 0.3) is 11.0 Å². The highest BCUT2D eigenvalue weighted by Crippen LogP contribution is 2.09. The molecule has 0 saturated heterocycles. The van der Waals surface area contributed by atoms with E-state index < -0.39 is 0 Å². The monoisotopic (exact) mass is 269 g/mol. The Morgan fingerprint density at radius 2 is 2.05 bits per heavy atom. The molecule has 0 bridgehead atoms. The molecule has 102 valence electrons. The van der Waals surface area contributed by atoms with Gasteiger partial charge in [0.15, 0.2) is 5.52 Å². The van der Waals surface area contributed by atoms with Crippen LogP contribution in [-0.2, 0) is 6.54 Å². The second kappa shape index (κ2) is 4.88. The molecule has 0 fully saturated rings. The second-order valence-electron chi connectivity index (χ2n) is 4.89. The van der Waals surface area contributed by atoms with Gasteiger partial charge in [-0.2, -0.15) is 0 Å². The molecule has 3 aromatic rings. The Morgan fingerprint density at radius 3 is 2.85 bits per heavy atom. The summed E-state index contributed by atoms with van der Waals surface area (Å²) in [5.74, 6) is 0.833. The van der Waals surface area contributed by atoms with Crippen LogP contribution in [-0.4, -0.2) is 24.1 Å². The smallest absolute Gasteiger partial charge is 0.280 e. The van der Waals surface area contributed by atoms with Gasteiger partial charge in [-0.3, -0.25) is 9.36 Å². The highest BCUT2D eigenvalue weighted by atomic mass is 16.1. The highest BCUT2D eigenvalue weighted by molar-refractivity contribution is 5.71. The molecule has 3 rings (SSSR count). The van der Waals surface area contributed by atoms with E-state index >= 15 is 0 Å². The standard InChI is InChI=1S/C14H15N5O/c1-10(2)19-7-6-15-12(19)8-18-9-17-11-4-3-5-16-13(11)14(18)20/h3-7,9-10H,8H2,1-2H3. The average molecular weight is 269 g/mol. The topological polar surface area (TPSA) is 65.6 Å². The molecule has 3 aromatic heterocycles. The van der Waals surface area contributed by atoms with E-state index in [4.69, 9.17) is 0 Å². The lowest BCUT2D eigenvalue weighted by atomic mass is 10.3. The predicted molar refractivity (Wildman–Crippen MR) is 75.5 cm³/mol. The first-order chi connectivity index (χ1) is 9.66. The Morgan fingerprint density at radius 1 is 1.20 bits per heavy atom. The van der Waals surface area contributed by atoms with Gasteiger partial charge in [0.1, 0.15) is 5.82 Å². The molecule has 0 N–H and O–H groups in total. The van der Waals surface area contributed by atoms with Gasteiger partial charge in [-0.25, -0.2) is 15.0 Å². The van der Waals surface area contributed by atoms with Crippen molar-refractivity contribution >= 4 is 11.0 Å². The molecule has 20 heavy (non-hydrogen) atoms. The molecule has 0 unspecified atom stereocenters. The Bertz CT molecular complexity index is 802. The van der Waals surface area contributed by atoms with Crippen molar-refractivity contribution in [3.63, 3.8) is 0 Å². The number of rotatable bonds is 3. The van der Waals surface area contributed by atoms with Crippen molar-refractivity contribution in [1.29, 1.82) is 0 Å². The van der Waals surface area contributed by atoms with Crippen molar-refractivity contribution in [2.75, 3.05) is 0 Å². The number of hydrogen-bond donors (Lipinski definition) is 0. The van der Waals surface area contributed by atoms with Crippen LogP contribution in [0.4, 0.5) is 0 Å². The van der Waals surface area contributed by atoms with Gasteiger partial charge in [0.25, 0.3) is 5.56 Å². The van der Waals surface area contributed by atoms with E-state index in [1.54, 1.807) is 30.9 Å². The third kappa shape index (κ3) is 2.09. The predicted octanol–water partition coefficient (Wildman–Crippen LogP) is 1.62. The Hall–Kier alpha value is -2.50. The van der Waals surface area contributed by atoms with Crippen LogP contribution in [0.1, 0.15) is 25.7 Å². The maximum atomic E-state index is 12.4. The third-order valence-corrected chi connectivity index (χ3v) is 3.20. The van der Waals surface area contributed by atoms with Gasteiger partial charge in [-0.15, -0.1) is 0 Å². The van der Waals surface area contributed by atoms with Crippen LogP contribution in [0.15, 0.2) is 41.8 Å². The summed E-state index contributed by atoms with van der Waals surface area (Å²) in [7, 11) is 0. The fraction of sp³-hybridized carbons (Fsp3) is 0.286. The van der Waals surface area contributed by atoms with Gasteiger partial charge in [-0.1, -0.05) is 0 Å². The maximum absolute atomic E-state index is 12.4. The summed E-state index contributed by atoms with van der Waals surface area (Å²) in [5.41, 5.74) is 0.854. The minimum Gasteiger partial charge on any atom is -0.331 e. The average Bonchev–Trinajstić information content (AvgIpc) is 2.91. The van der Waals surface area contributed by atoms with Crippen LogP contribution in [0.5, 0.6) is 0 Å². The number of nitrogens with zero attached hydrogens (tertiary/aromatic N) is 5. The molecule has 0 aliphatic carbocycles. The third-order valence-electron chi connectivity index (χ3n) is 3.20. The zero-order valence-corrected chi connectivity index (χ0v) is 11.4. The number of imidazole rings is 1. The largest absolute Gasteiger partial charge is 0.331 e. The van der Waals surface area contributed by atoms with Crippen LogP contribution in [0.2, 0.25) is 0 Å². The first kappa shape index (κ1) is 12.5. The van der Waals surface area contributed by atoms with Gasteiger partial charge >= 0.3 is 0 Å². The summed E-state index contributed by atoms with van der Waals surface area (Å²) in [6.07, 6.45) is 6.81. The lowest BCUT2D eigenvalue weighted by Gasteiger charge is -2.12. The fourth-order valence-corrected chi connectivity index (χ4v) is 2.19. The van der Waals surface area contributed by atoms with Crippen LogP contribution in [0, 0.1) is 0 Å². The first-order valence-electron chi connectivity index (χ1n) is 6.48. The minimum atomic E-state index is -0.145. The van der Waals surface area contributed by atoms with Crippen molar-refractivity contribution < 1.29 is 0 Å². The lowest BCUT2D eigenvalue weighted by Crippen LogP contribution is -2.23. The van der Waals surface area contributed by atoms with E-state index in [9.17, 15) is 4.79 Å². The van der Waals surface area contributed by atoms with Gasteiger partial charge in [0.2, 0.25) is 0 Å². The molecule has 0 atom stereocenters. The van der Waals surface area contributed by atoms with Gasteiger partial charge in [0, 0.05) is 24.6 Å². The highest BCUT2D eigenvalue weighted by Gasteiger charge is 2.10. The summed E-state index contributed by atoms with van der Waals surface area (Å²) >= 11 is 0. The van der Waals surface area contributed by atoms with Crippen LogP contribution < -0.4 is 5.56 Å². The van der Waals surface area contributed by atoms with Crippen molar-refractivity contribution in [2.24, 2.45) is 0 Å². The van der Waals surface area contributed by atoms with E-state index in [0.29, 0.717) is 23.6 Å². The summed E-state index contributed by atoms with van der Waals surface area (Å²) in [6.45, 7) is 4.55. The second-order valence-corrected chi connectivity index (χ2v) is 4.89. The van der Waals surface area contributed by atoms with Gasteiger partial charge in [-0.05, 0) is 26.0 Å². The normalized spacial score (nSPS) is 11.3. The molecule has 0 amide bonds. The van der Waals surface area contributed by atoms with E-state index in [1.165, 1.54) is 4.57 Å². The first-order valence-corrected chi connectivity index (χ1v) is 6.48. The Labute approximate surface area is 115 Å². The van der Waals surface area contributed by atoms with E-state index in [1.807, 2.05) is 10.8 Å². The van der Waals surface area contributed by atoms with E-state index in [0.717, 1.165) is 5.82 Å². The zero-order valence-electron chi connectivity index (χ0n) is 11.4. The summed E-state index contributed by atoms with van der Waals surface area (Å²) in [6, 6.07) is 3.85. The molecule has 3 heterocycles. The fourth-order valence-electron chi connectivity index (χ4n) is 2.19. The molecule has 6 heteroatoms. The van der Waals surface area contributed by atoms with Crippen molar-refractivity contribution in [3.05, 3.63) is 53.2 Å². The van der Waals surface area contributed by atoms with Gasteiger partial charge in [0.05, 0.1) is 18.4 Å². The number of fused-ring (bicyclic) bond motifs is 1. The van der Waals surface area contributed by atoms with Crippen molar-refractivity contribution in [2.45, 2.75) is 26.4 Å².